The van der Waals surface area contributed by atoms with Gasteiger partial charge in [0.2, 0.25) is 0 Å². The van der Waals surface area contributed by atoms with Gasteiger partial charge >= 0.3 is 0 Å². The number of benzene rings is 1. The van der Waals surface area contributed by atoms with Gasteiger partial charge in [0.05, 0.1) is 6.10 Å². The summed E-state index contributed by atoms with van der Waals surface area (Å²) < 4.78 is 38.3. The van der Waals surface area contributed by atoms with Crippen LogP contribution in [0.1, 0.15) is 31.9 Å². The summed E-state index contributed by atoms with van der Waals surface area (Å²) in [6.45, 7) is 3.61. The molecule has 0 spiro atoms. The Labute approximate surface area is 86.5 Å². The zero-order valence-electron chi connectivity index (χ0n) is 8.60. The van der Waals surface area contributed by atoms with E-state index in [2.05, 4.69) is 0 Å². The van der Waals surface area contributed by atoms with E-state index in [4.69, 9.17) is 0 Å². The predicted octanol–water partition coefficient (Wildman–Crippen LogP) is 3.18. The first kappa shape index (κ1) is 12.0. The summed E-state index contributed by atoms with van der Waals surface area (Å²) in [4.78, 5) is 0. The first-order valence-electron chi connectivity index (χ1n) is 4.79. The first-order chi connectivity index (χ1) is 6.97. The zero-order chi connectivity index (χ0) is 11.6. The average Bonchev–Trinajstić information content (AvgIpc) is 2.23. The van der Waals surface area contributed by atoms with Crippen LogP contribution >= 0.6 is 0 Å². The Morgan fingerprint density at radius 3 is 2.07 bits per heavy atom. The van der Waals surface area contributed by atoms with Gasteiger partial charge in [-0.1, -0.05) is 20.3 Å². The van der Waals surface area contributed by atoms with Crippen LogP contribution in [0.5, 0.6) is 0 Å². The van der Waals surface area contributed by atoms with Crippen molar-refractivity contribution in [1.29, 1.82) is 0 Å². The molecule has 0 heterocycles. The van der Waals surface area contributed by atoms with Crippen LogP contribution in [0.25, 0.3) is 0 Å². The maximum Gasteiger partial charge on any atom is 0.194 e. The summed E-state index contributed by atoms with van der Waals surface area (Å²) in [5, 5.41) is 9.67. The van der Waals surface area contributed by atoms with Crippen LogP contribution in [0, 0.1) is 23.4 Å². The Morgan fingerprint density at radius 1 is 1.20 bits per heavy atom. The summed E-state index contributed by atoms with van der Waals surface area (Å²) >= 11 is 0. The molecule has 2 atom stereocenters. The van der Waals surface area contributed by atoms with Gasteiger partial charge in [-0.3, -0.25) is 0 Å². The molecule has 0 amide bonds. The second kappa shape index (κ2) is 4.66. The van der Waals surface area contributed by atoms with Gasteiger partial charge in [-0.15, -0.1) is 0 Å². The van der Waals surface area contributed by atoms with Gasteiger partial charge in [0, 0.05) is 0 Å². The number of halogens is 3. The fourth-order valence-electron chi connectivity index (χ4n) is 1.30. The number of rotatable bonds is 3. The van der Waals surface area contributed by atoms with Crippen LogP contribution in [-0.2, 0) is 0 Å². The lowest BCUT2D eigenvalue weighted by Crippen LogP contribution is -2.09. The van der Waals surface area contributed by atoms with Crippen molar-refractivity contribution in [2.75, 3.05) is 0 Å². The molecule has 1 N–H and O–H groups in total. The Hall–Kier alpha value is -1.03. The largest absolute Gasteiger partial charge is 0.388 e. The van der Waals surface area contributed by atoms with E-state index in [-0.39, 0.29) is 11.5 Å². The normalized spacial score (nSPS) is 15.1. The molecule has 1 nitrogen and oxygen atoms in total. The zero-order valence-corrected chi connectivity index (χ0v) is 8.60. The van der Waals surface area contributed by atoms with E-state index in [0.717, 1.165) is 12.1 Å². The summed E-state index contributed by atoms with van der Waals surface area (Å²) in [5.41, 5.74) is 0.0701. The van der Waals surface area contributed by atoms with Crippen LogP contribution < -0.4 is 0 Å². The summed E-state index contributed by atoms with van der Waals surface area (Å²) in [7, 11) is 0. The minimum absolute atomic E-state index is 0.0701. The van der Waals surface area contributed by atoms with Gasteiger partial charge in [0.1, 0.15) is 0 Å². The molecule has 0 aliphatic rings. The number of aliphatic hydroxyl groups excluding tert-OH is 1. The van der Waals surface area contributed by atoms with Gasteiger partial charge in [0.15, 0.2) is 17.5 Å². The monoisotopic (exact) mass is 218 g/mol. The molecule has 2 unspecified atom stereocenters. The molecule has 15 heavy (non-hydrogen) atoms. The van der Waals surface area contributed by atoms with Gasteiger partial charge in [0.25, 0.3) is 0 Å². The SMILES string of the molecule is CCC(C)C(O)c1cc(F)c(F)c(F)c1. The standard InChI is InChI=1S/C11H13F3O/c1-3-6(2)11(15)7-4-8(12)10(14)9(13)5-7/h4-6,11,15H,3H2,1-2H3. The average molecular weight is 218 g/mol. The molecule has 0 aliphatic carbocycles. The lowest BCUT2D eigenvalue weighted by molar-refractivity contribution is 0.114. The fourth-order valence-corrected chi connectivity index (χ4v) is 1.30. The lowest BCUT2D eigenvalue weighted by atomic mass is 9.95. The van der Waals surface area contributed by atoms with Crippen molar-refractivity contribution in [2.24, 2.45) is 5.92 Å². The maximum absolute atomic E-state index is 12.8. The van der Waals surface area contributed by atoms with Crippen LogP contribution in [0.3, 0.4) is 0 Å². The molecule has 0 aliphatic heterocycles. The molecule has 0 fully saturated rings. The van der Waals surface area contributed by atoms with Gasteiger partial charge in [-0.25, -0.2) is 13.2 Å². The molecular weight excluding hydrogens is 205 g/mol. The number of aliphatic hydroxyl groups is 1. The quantitative estimate of drug-likeness (QED) is 0.772. The highest BCUT2D eigenvalue weighted by Gasteiger charge is 2.19. The highest BCUT2D eigenvalue weighted by molar-refractivity contribution is 5.21. The minimum atomic E-state index is -1.50. The summed E-state index contributed by atoms with van der Waals surface area (Å²) in [6.07, 6.45) is -0.304. The van der Waals surface area contributed by atoms with Crippen molar-refractivity contribution in [3.8, 4) is 0 Å². The topological polar surface area (TPSA) is 20.2 Å². The van der Waals surface area contributed by atoms with E-state index in [0.29, 0.717) is 6.42 Å². The third kappa shape index (κ3) is 2.50. The van der Waals surface area contributed by atoms with E-state index in [9.17, 15) is 18.3 Å². The number of hydrogen-bond donors (Lipinski definition) is 1. The van der Waals surface area contributed by atoms with E-state index in [1.807, 2.05) is 6.92 Å². The molecule has 1 rings (SSSR count). The van der Waals surface area contributed by atoms with Crippen LogP contribution in [0.4, 0.5) is 13.2 Å². The Balaban J connectivity index is 3.06. The second-order valence-corrected chi connectivity index (χ2v) is 3.63. The highest BCUT2D eigenvalue weighted by Crippen LogP contribution is 2.26. The van der Waals surface area contributed by atoms with E-state index < -0.39 is 23.6 Å². The first-order valence-corrected chi connectivity index (χ1v) is 4.79. The van der Waals surface area contributed by atoms with E-state index in [1.54, 1.807) is 6.92 Å². The van der Waals surface area contributed by atoms with E-state index >= 15 is 0 Å². The van der Waals surface area contributed by atoms with E-state index in [1.165, 1.54) is 0 Å². The molecule has 0 aromatic heterocycles. The second-order valence-electron chi connectivity index (χ2n) is 3.63. The molecule has 0 saturated carbocycles. The Kier molecular flexibility index (Phi) is 3.74. The lowest BCUT2D eigenvalue weighted by Gasteiger charge is -2.17. The van der Waals surface area contributed by atoms with Crippen LogP contribution in [0.2, 0.25) is 0 Å². The smallest absolute Gasteiger partial charge is 0.194 e. The van der Waals surface area contributed by atoms with Gasteiger partial charge in [-0.2, -0.15) is 0 Å². The highest BCUT2D eigenvalue weighted by atomic mass is 19.2. The molecule has 1 aromatic carbocycles. The van der Waals surface area contributed by atoms with Crippen molar-refractivity contribution in [1.82, 2.24) is 0 Å². The van der Waals surface area contributed by atoms with Crippen LogP contribution in [0.15, 0.2) is 12.1 Å². The van der Waals surface area contributed by atoms with Crippen molar-refractivity contribution >= 4 is 0 Å². The summed E-state index contributed by atoms with van der Waals surface area (Å²) in [6, 6.07) is 1.66. The Bertz CT molecular complexity index is 329. The number of hydrogen-bond acceptors (Lipinski definition) is 1. The molecule has 0 saturated heterocycles. The molecule has 0 bridgehead atoms. The molecule has 4 heteroatoms. The molecule has 0 radical (unpaired) electrons. The minimum Gasteiger partial charge on any atom is -0.388 e. The third-order valence-electron chi connectivity index (χ3n) is 2.53. The summed E-state index contributed by atoms with van der Waals surface area (Å²) in [5.74, 6) is -4.18. The fraction of sp³-hybridized carbons (Fsp3) is 0.455. The predicted molar refractivity (Wildman–Crippen MR) is 50.7 cm³/mol. The van der Waals surface area contributed by atoms with Crippen molar-refractivity contribution in [3.05, 3.63) is 35.1 Å². The molecule has 84 valence electrons. The van der Waals surface area contributed by atoms with Crippen molar-refractivity contribution < 1.29 is 18.3 Å². The Morgan fingerprint density at radius 2 is 1.67 bits per heavy atom. The van der Waals surface area contributed by atoms with Crippen LogP contribution in [-0.4, -0.2) is 5.11 Å². The molecular formula is C11H13F3O. The van der Waals surface area contributed by atoms with Gasteiger partial charge in [-0.05, 0) is 23.6 Å². The van der Waals surface area contributed by atoms with Crippen molar-refractivity contribution in [3.63, 3.8) is 0 Å². The third-order valence-corrected chi connectivity index (χ3v) is 2.53. The van der Waals surface area contributed by atoms with Gasteiger partial charge < -0.3 is 5.11 Å². The molecule has 1 aromatic rings. The van der Waals surface area contributed by atoms with Crippen molar-refractivity contribution in [2.45, 2.75) is 26.4 Å². The maximum atomic E-state index is 12.8.